The molecule has 94 valence electrons. The Hall–Kier alpha value is -0.630. The molecule has 0 aromatic rings. The van der Waals surface area contributed by atoms with Crippen LogP contribution in [0.15, 0.2) is 0 Å². The lowest BCUT2D eigenvalue weighted by Crippen LogP contribution is -2.48. The summed E-state index contributed by atoms with van der Waals surface area (Å²) in [6, 6.07) is 2.50. The van der Waals surface area contributed by atoms with E-state index in [1.807, 2.05) is 34.6 Å². The van der Waals surface area contributed by atoms with E-state index in [0.29, 0.717) is 19.8 Å². The van der Waals surface area contributed by atoms with Crippen LogP contribution >= 0.6 is 0 Å². The van der Waals surface area contributed by atoms with E-state index in [9.17, 15) is 0 Å². The number of hydrogen-bond acceptors (Lipinski definition) is 4. The molecule has 0 rings (SSSR count). The maximum Gasteiger partial charge on any atom is 0.127 e. The summed E-state index contributed by atoms with van der Waals surface area (Å²) in [6.07, 6.45) is 0.222. The fourth-order valence-electron chi connectivity index (χ4n) is 1.36. The minimum atomic E-state index is -0.619. The van der Waals surface area contributed by atoms with Gasteiger partial charge in [0.05, 0.1) is 32.0 Å². The molecule has 0 aromatic carbocycles. The van der Waals surface area contributed by atoms with Crippen LogP contribution in [0.3, 0.4) is 0 Å². The molecule has 1 unspecified atom stereocenters. The molecule has 0 amide bonds. The normalized spacial score (nSPS) is 15.1. The van der Waals surface area contributed by atoms with Gasteiger partial charge in [-0.05, 0) is 34.6 Å². The molecule has 0 aromatic heterocycles. The molecule has 0 saturated carbocycles. The molecule has 4 heteroatoms. The number of ether oxygens (including phenoxy) is 2. The summed E-state index contributed by atoms with van der Waals surface area (Å²) in [6.45, 7) is 11.3. The zero-order valence-electron chi connectivity index (χ0n) is 11.0. The second-order valence-corrected chi connectivity index (χ2v) is 4.72. The van der Waals surface area contributed by atoms with E-state index in [0.717, 1.165) is 0 Å². The summed E-state index contributed by atoms with van der Waals surface area (Å²) in [5.41, 5.74) is -0.619. The smallest absolute Gasteiger partial charge is 0.127 e. The molecule has 16 heavy (non-hydrogen) atoms. The SMILES string of the molecule is CC(C)NC(C)(C#N)COCCOC(C)C. The van der Waals surface area contributed by atoms with Crippen molar-refractivity contribution >= 4 is 0 Å². The van der Waals surface area contributed by atoms with Crippen molar-refractivity contribution in [3.63, 3.8) is 0 Å². The Morgan fingerprint density at radius 1 is 1.25 bits per heavy atom. The Bertz CT molecular complexity index is 224. The molecule has 0 saturated heterocycles. The highest BCUT2D eigenvalue weighted by atomic mass is 16.5. The van der Waals surface area contributed by atoms with Gasteiger partial charge in [0.2, 0.25) is 0 Å². The highest BCUT2D eigenvalue weighted by molar-refractivity contribution is 5.04. The Morgan fingerprint density at radius 2 is 1.88 bits per heavy atom. The van der Waals surface area contributed by atoms with Gasteiger partial charge in [-0.25, -0.2) is 0 Å². The van der Waals surface area contributed by atoms with E-state index in [-0.39, 0.29) is 12.1 Å². The van der Waals surface area contributed by atoms with E-state index in [1.165, 1.54) is 0 Å². The van der Waals surface area contributed by atoms with Gasteiger partial charge < -0.3 is 9.47 Å². The topological polar surface area (TPSA) is 54.3 Å². The van der Waals surface area contributed by atoms with Crippen molar-refractivity contribution in [3.8, 4) is 6.07 Å². The van der Waals surface area contributed by atoms with Gasteiger partial charge in [0.25, 0.3) is 0 Å². The van der Waals surface area contributed by atoms with Crippen LogP contribution in [-0.4, -0.2) is 37.5 Å². The van der Waals surface area contributed by atoms with Crippen molar-refractivity contribution in [1.29, 1.82) is 5.26 Å². The molecule has 1 N–H and O–H groups in total. The van der Waals surface area contributed by atoms with Crippen LogP contribution in [0.5, 0.6) is 0 Å². The largest absolute Gasteiger partial charge is 0.376 e. The first kappa shape index (κ1) is 15.4. The second-order valence-electron chi connectivity index (χ2n) is 4.72. The molecular formula is C12H24N2O2. The fourth-order valence-corrected chi connectivity index (χ4v) is 1.36. The van der Waals surface area contributed by atoms with Gasteiger partial charge in [-0.1, -0.05) is 0 Å². The first-order chi connectivity index (χ1) is 7.39. The lowest BCUT2D eigenvalue weighted by molar-refractivity contribution is 0.00832. The molecule has 0 bridgehead atoms. The Labute approximate surface area is 98.9 Å². The van der Waals surface area contributed by atoms with E-state index in [1.54, 1.807) is 0 Å². The minimum Gasteiger partial charge on any atom is -0.376 e. The highest BCUT2D eigenvalue weighted by Crippen LogP contribution is 2.04. The number of nitrogens with one attached hydrogen (secondary N) is 1. The Balaban J connectivity index is 3.75. The maximum atomic E-state index is 9.06. The standard InChI is InChI=1S/C12H24N2O2/c1-10(2)14-12(5,8-13)9-15-6-7-16-11(3)4/h10-11,14H,6-7,9H2,1-5H3. The quantitative estimate of drug-likeness (QED) is 0.643. The fraction of sp³-hybridized carbons (Fsp3) is 0.917. The minimum absolute atomic E-state index is 0.222. The molecule has 0 heterocycles. The van der Waals surface area contributed by atoms with Crippen molar-refractivity contribution in [3.05, 3.63) is 0 Å². The molecule has 1 atom stereocenters. The number of rotatable bonds is 8. The molecule has 0 fully saturated rings. The summed E-state index contributed by atoms with van der Waals surface area (Å²) in [7, 11) is 0. The van der Waals surface area contributed by atoms with Crippen LogP contribution in [-0.2, 0) is 9.47 Å². The van der Waals surface area contributed by atoms with E-state index in [2.05, 4.69) is 11.4 Å². The summed E-state index contributed by atoms with van der Waals surface area (Å²) in [5.74, 6) is 0. The zero-order chi connectivity index (χ0) is 12.6. The van der Waals surface area contributed by atoms with Crippen molar-refractivity contribution in [2.45, 2.75) is 52.3 Å². The number of nitriles is 1. The summed E-state index contributed by atoms with van der Waals surface area (Å²) < 4.78 is 10.8. The average molecular weight is 228 g/mol. The third kappa shape index (κ3) is 7.63. The van der Waals surface area contributed by atoms with Crippen LogP contribution in [0.2, 0.25) is 0 Å². The summed E-state index contributed by atoms with van der Waals surface area (Å²) in [4.78, 5) is 0. The van der Waals surface area contributed by atoms with Gasteiger partial charge in [-0.3, -0.25) is 5.32 Å². The van der Waals surface area contributed by atoms with Crippen molar-refractivity contribution < 1.29 is 9.47 Å². The van der Waals surface area contributed by atoms with Gasteiger partial charge in [0, 0.05) is 6.04 Å². The van der Waals surface area contributed by atoms with Gasteiger partial charge in [0.1, 0.15) is 5.54 Å². The third-order valence-corrected chi connectivity index (χ3v) is 1.92. The van der Waals surface area contributed by atoms with Crippen LogP contribution in [0.25, 0.3) is 0 Å². The van der Waals surface area contributed by atoms with Crippen molar-refractivity contribution in [2.24, 2.45) is 0 Å². The number of hydrogen-bond donors (Lipinski definition) is 1. The Kier molecular flexibility index (Phi) is 7.31. The second kappa shape index (κ2) is 7.61. The third-order valence-electron chi connectivity index (χ3n) is 1.92. The maximum absolute atomic E-state index is 9.06. The molecule has 0 aliphatic heterocycles. The van der Waals surface area contributed by atoms with E-state index < -0.39 is 5.54 Å². The Morgan fingerprint density at radius 3 is 2.31 bits per heavy atom. The van der Waals surface area contributed by atoms with Gasteiger partial charge in [-0.15, -0.1) is 0 Å². The highest BCUT2D eigenvalue weighted by Gasteiger charge is 2.24. The lowest BCUT2D eigenvalue weighted by atomic mass is 10.1. The van der Waals surface area contributed by atoms with Crippen molar-refractivity contribution in [1.82, 2.24) is 5.32 Å². The molecule has 0 aliphatic carbocycles. The van der Waals surface area contributed by atoms with Crippen LogP contribution in [0.1, 0.15) is 34.6 Å². The van der Waals surface area contributed by atoms with E-state index in [4.69, 9.17) is 14.7 Å². The molecule has 0 radical (unpaired) electrons. The lowest BCUT2D eigenvalue weighted by Gasteiger charge is -2.25. The molecule has 4 nitrogen and oxygen atoms in total. The summed E-state index contributed by atoms with van der Waals surface area (Å²) >= 11 is 0. The van der Waals surface area contributed by atoms with Crippen molar-refractivity contribution in [2.75, 3.05) is 19.8 Å². The van der Waals surface area contributed by atoms with Gasteiger partial charge >= 0.3 is 0 Å². The predicted octanol–water partition coefficient (Wildman–Crippen LogP) is 1.71. The molecule has 0 aliphatic rings. The first-order valence-electron chi connectivity index (χ1n) is 5.78. The summed E-state index contributed by atoms with van der Waals surface area (Å²) in [5, 5.41) is 12.2. The van der Waals surface area contributed by atoms with E-state index >= 15 is 0 Å². The first-order valence-corrected chi connectivity index (χ1v) is 5.78. The zero-order valence-corrected chi connectivity index (χ0v) is 11.0. The van der Waals surface area contributed by atoms with Crippen LogP contribution < -0.4 is 5.32 Å². The van der Waals surface area contributed by atoms with Gasteiger partial charge in [0.15, 0.2) is 0 Å². The molecule has 0 spiro atoms. The monoisotopic (exact) mass is 228 g/mol. The predicted molar refractivity (Wildman–Crippen MR) is 64.2 cm³/mol. The number of nitrogens with zero attached hydrogens (tertiary/aromatic N) is 1. The average Bonchev–Trinajstić information content (AvgIpc) is 2.15. The van der Waals surface area contributed by atoms with Crippen LogP contribution in [0.4, 0.5) is 0 Å². The van der Waals surface area contributed by atoms with Crippen LogP contribution in [0, 0.1) is 11.3 Å². The van der Waals surface area contributed by atoms with Gasteiger partial charge in [-0.2, -0.15) is 5.26 Å². The molecular weight excluding hydrogens is 204 g/mol.